The number of rotatable bonds is 1. The minimum absolute atomic E-state index is 0.0562. The van der Waals surface area contributed by atoms with Crippen LogP contribution in [0, 0.1) is 0 Å². The first-order valence-corrected chi connectivity index (χ1v) is 2.95. The number of hydrogen-bond donors (Lipinski definition) is 0. The smallest absolute Gasteiger partial charge is 0.253 e. The third-order valence-corrected chi connectivity index (χ3v) is 1.35. The largest absolute Gasteiger partial charge is 0.482 e. The molecule has 0 fully saturated rings. The second-order valence-corrected chi connectivity index (χ2v) is 1.97. The Morgan fingerprint density at radius 3 is 2.70 bits per heavy atom. The predicted molar refractivity (Wildman–Crippen MR) is 38.2 cm³/mol. The molecule has 54 valence electrons. The van der Waals surface area contributed by atoms with E-state index in [9.17, 15) is 4.79 Å². The zero-order valence-electron chi connectivity index (χ0n) is 6.00. The second-order valence-electron chi connectivity index (χ2n) is 1.97. The maximum absolute atomic E-state index is 10.9. The second kappa shape index (κ2) is 2.56. The summed E-state index contributed by atoms with van der Waals surface area (Å²) in [5.41, 5.74) is -0.0562. The van der Waals surface area contributed by atoms with Crippen molar-refractivity contribution in [3.8, 4) is 5.88 Å². The lowest BCUT2D eigenvalue weighted by Gasteiger charge is -2.03. The molecule has 1 rings (SSSR count). The molecule has 0 saturated heterocycles. The van der Waals surface area contributed by atoms with Gasteiger partial charge in [0.1, 0.15) is 0 Å². The number of methoxy groups -OCH3 is 1. The predicted octanol–water partition coefficient (Wildman–Crippen LogP) is 0.394. The lowest BCUT2D eigenvalue weighted by atomic mass is 10.5. The summed E-state index contributed by atoms with van der Waals surface area (Å²) in [5, 5.41) is 0. The van der Waals surface area contributed by atoms with Crippen LogP contribution in [0.15, 0.2) is 23.0 Å². The summed E-state index contributed by atoms with van der Waals surface area (Å²) in [5.74, 6) is 0.576. The van der Waals surface area contributed by atoms with Crippen LogP contribution in [0.2, 0.25) is 0 Å². The van der Waals surface area contributed by atoms with E-state index in [0.29, 0.717) is 5.88 Å². The summed E-state index contributed by atoms with van der Waals surface area (Å²) < 4.78 is 6.33. The van der Waals surface area contributed by atoms with Crippen LogP contribution in [0.25, 0.3) is 0 Å². The number of hydrogen-bond acceptors (Lipinski definition) is 2. The van der Waals surface area contributed by atoms with E-state index >= 15 is 0 Å². The van der Waals surface area contributed by atoms with Gasteiger partial charge in [0.25, 0.3) is 5.56 Å². The van der Waals surface area contributed by atoms with Crippen LogP contribution in [0.4, 0.5) is 0 Å². The molecular formula is C7H9NO2. The molecule has 1 heterocycles. The van der Waals surface area contributed by atoms with Crippen LogP contribution in [-0.2, 0) is 7.05 Å². The highest BCUT2D eigenvalue weighted by Gasteiger charge is 1.94. The third kappa shape index (κ3) is 1.03. The standard InChI is InChI=1S/C7H9NO2/c1-8-6(9)4-3-5-7(8)10-2/h3-5H,1-2H3. The number of aromatic nitrogens is 1. The van der Waals surface area contributed by atoms with E-state index in [1.54, 1.807) is 19.2 Å². The molecule has 0 aliphatic carbocycles. The lowest BCUT2D eigenvalue weighted by molar-refractivity contribution is 0.376. The van der Waals surface area contributed by atoms with E-state index in [1.807, 2.05) is 0 Å². The van der Waals surface area contributed by atoms with Crippen molar-refractivity contribution in [1.29, 1.82) is 0 Å². The van der Waals surface area contributed by atoms with Gasteiger partial charge in [0, 0.05) is 13.1 Å². The van der Waals surface area contributed by atoms with Gasteiger partial charge < -0.3 is 4.74 Å². The van der Waals surface area contributed by atoms with E-state index in [4.69, 9.17) is 4.74 Å². The Morgan fingerprint density at radius 2 is 2.20 bits per heavy atom. The van der Waals surface area contributed by atoms with E-state index < -0.39 is 0 Å². The van der Waals surface area contributed by atoms with Gasteiger partial charge >= 0.3 is 0 Å². The fourth-order valence-electron chi connectivity index (χ4n) is 0.750. The molecule has 0 aliphatic heterocycles. The Balaban J connectivity index is 3.28. The number of pyridine rings is 1. The van der Waals surface area contributed by atoms with Crippen molar-refractivity contribution < 1.29 is 4.74 Å². The maximum Gasteiger partial charge on any atom is 0.253 e. The van der Waals surface area contributed by atoms with Gasteiger partial charge in [-0.2, -0.15) is 0 Å². The van der Waals surface area contributed by atoms with E-state index in [1.165, 1.54) is 17.7 Å². The molecule has 0 aliphatic rings. The summed E-state index contributed by atoms with van der Waals surface area (Å²) in [6.07, 6.45) is 0. The summed E-state index contributed by atoms with van der Waals surface area (Å²) in [7, 11) is 3.20. The van der Waals surface area contributed by atoms with Gasteiger partial charge in [0.15, 0.2) is 5.88 Å². The van der Waals surface area contributed by atoms with Crippen LogP contribution in [-0.4, -0.2) is 11.7 Å². The lowest BCUT2D eigenvalue weighted by Crippen LogP contribution is -2.15. The first-order valence-electron chi connectivity index (χ1n) is 2.95. The molecule has 0 unspecified atom stereocenters. The first kappa shape index (κ1) is 6.86. The van der Waals surface area contributed by atoms with E-state index in [0.717, 1.165) is 0 Å². The van der Waals surface area contributed by atoms with Crippen LogP contribution >= 0.6 is 0 Å². The molecule has 0 bridgehead atoms. The zero-order valence-corrected chi connectivity index (χ0v) is 6.00. The molecule has 0 saturated carbocycles. The van der Waals surface area contributed by atoms with Crippen molar-refractivity contribution in [1.82, 2.24) is 4.57 Å². The molecule has 0 amide bonds. The van der Waals surface area contributed by atoms with Crippen molar-refractivity contribution in [3.05, 3.63) is 28.6 Å². The highest BCUT2D eigenvalue weighted by Crippen LogP contribution is 2.01. The zero-order chi connectivity index (χ0) is 7.56. The Kier molecular flexibility index (Phi) is 1.76. The van der Waals surface area contributed by atoms with E-state index in [2.05, 4.69) is 0 Å². The van der Waals surface area contributed by atoms with Crippen molar-refractivity contribution >= 4 is 0 Å². The molecule has 1 aromatic rings. The molecule has 3 heteroatoms. The van der Waals surface area contributed by atoms with Crippen LogP contribution in [0.5, 0.6) is 5.88 Å². The van der Waals surface area contributed by atoms with Crippen LogP contribution in [0.3, 0.4) is 0 Å². The molecule has 0 spiro atoms. The normalized spacial score (nSPS) is 9.40. The molecule has 1 aromatic heterocycles. The molecular weight excluding hydrogens is 130 g/mol. The summed E-state index contributed by atoms with van der Waals surface area (Å²) in [6, 6.07) is 4.89. The number of nitrogens with zero attached hydrogens (tertiary/aromatic N) is 1. The highest BCUT2D eigenvalue weighted by molar-refractivity contribution is 5.11. The highest BCUT2D eigenvalue weighted by atomic mass is 16.5. The van der Waals surface area contributed by atoms with Gasteiger partial charge in [0.05, 0.1) is 7.11 Å². The van der Waals surface area contributed by atoms with Crippen molar-refractivity contribution in [2.75, 3.05) is 7.11 Å². The average Bonchev–Trinajstić information content (AvgIpc) is 1.95. The van der Waals surface area contributed by atoms with Gasteiger partial charge in [-0.15, -0.1) is 0 Å². The van der Waals surface area contributed by atoms with Gasteiger partial charge in [-0.25, -0.2) is 0 Å². The van der Waals surface area contributed by atoms with Crippen LogP contribution < -0.4 is 10.3 Å². The van der Waals surface area contributed by atoms with Crippen LogP contribution in [0.1, 0.15) is 0 Å². The van der Waals surface area contributed by atoms with Crippen molar-refractivity contribution in [2.45, 2.75) is 0 Å². The Bertz CT molecular complexity index is 277. The summed E-state index contributed by atoms with van der Waals surface area (Å²) in [6.45, 7) is 0. The van der Waals surface area contributed by atoms with Gasteiger partial charge in [0.2, 0.25) is 0 Å². The Hall–Kier alpha value is -1.25. The average molecular weight is 139 g/mol. The Morgan fingerprint density at radius 1 is 1.50 bits per heavy atom. The van der Waals surface area contributed by atoms with E-state index in [-0.39, 0.29) is 5.56 Å². The van der Waals surface area contributed by atoms with Gasteiger partial charge in [-0.05, 0) is 6.07 Å². The number of ether oxygens (including phenoxy) is 1. The fourth-order valence-corrected chi connectivity index (χ4v) is 0.750. The quantitative estimate of drug-likeness (QED) is 0.563. The summed E-state index contributed by atoms with van der Waals surface area (Å²) >= 11 is 0. The molecule has 0 radical (unpaired) electrons. The molecule has 0 aromatic carbocycles. The Labute approximate surface area is 58.9 Å². The SMILES string of the molecule is COc1cccc(=O)n1C. The molecule has 3 nitrogen and oxygen atoms in total. The maximum atomic E-state index is 10.9. The van der Waals surface area contributed by atoms with Gasteiger partial charge in [-0.1, -0.05) is 6.07 Å². The minimum Gasteiger partial charge on any atom is -0.482 e. The first-order chi connectivity index (χ1) is 4.75. The monoisotopic (exact) mass is 139 g/mol. The molecule has 0 N–H and O–H groups in total. The van der Waals surface area contributed by atoms with Crippen molar-refractivity contribution in [2.24, 2.45) is 7.05 Å². The minimum atomic E-state index is -0.0562. The fraction of sp³-hybridized carbons (Fsp3) is 0.286. The molecule has 0 atom stereocenters. The van der Waals surface area contributed by atoms with Gasteiger partial charge in [-0.3, -0.25) is 9.36 Å². The molecule has 10 heavy (non-hydrogen) atoms. The topological polar surface area (TPSA) is 31.2 Å². The van der Waals surface area contributed by atoms with Crippen molar-refractivity contribution in [3.63, 3.8) is 0 Å². The third-order valence-electron chi connectivity index (χ3n) is 1.35. The summed E-state index contributed by atoms with van der Waals surface area (Å²) in [4.78, 5) is 10.9.